The molecule has 2 rings (SSSR count). The summed E-state index contributed by atoms with van der Waals surface area (Å²) in [6, 6.07) is 0. The van der Waals surface area contributed by atoms with Gasteiger partial charge in [-0.3, -0.25) is 4.79 Å². The molecular weight excluding hydrogens is 208 g/mol. The van der Waals surface area contributed by atoms with Crippen LogP contribution in [-0.2, 0) is 9.53 Å². The highest BCUT2D eigenvalue weighted by Crippen LogP contribution is 2.28. The number of fused-ring (bicyclic) bond motifs is 1. The van der Waals surface area contributed by atoms with Crippen molar-refractivity contribution < 1.29 is 14.3 Å². The molecule has 2 saturated heterocycles. The lowest BCUT2D eigenvalue weighted by molar-refractivity contribution is -0.124. The Morgan fingerprint density at radius 3 is 2.88 bits per heavy atom. The van der Waals surface area contributed by atoms with Crippen LogP contribution < -0.4 is 5.32 Å². The van der Waals surface area contributed by atoms with Crippen molar-refractivity contribution in [3.05, 3.63) is 12.3 Å². The number of ether oxygens (including phenoxy) is 1. The molecule has 88 valence electrons. The van der Waals surface area contributed by atoms with Gasteiger partial charge in [0.2, 0.25) is 5.91 Å². The molecule has 0 aromatic heterocycles. The number of hydrogen-bond acceptors (Lipinski definition) is 3. The van der Waals surface area contributed by atoms with Gasteiger partial charge in [-0.15, -0.1) is 0 Å². The van der Waals surface area contributed by atoms with Crippen LogP contribution in [0.1, 0.15) is 13.3 Å². The van der Waals surface area contributed by atoms with Crippen LogP contribution in [0.4, 0.5) is 4.79 Å². The van der Waals surface area contributed by atoms with E-state index in [1.165, 1.54) is 0 Å². The molecule has 0 aliphatic carbocycles. The van der Waals surface area contributed by atoms with Crippen molar-refractivity contribution in [2.24, 2.45) is 11.8 Å². The topological polar surface area (TPSA) is 58.6 Å². The lowest BCUT2D eigenvalue weighted by atomic mass is 9.89. The molecule has 2 atom stereocenters. The number of piperidine rings is 1. The van der Waals surface area contributed by atoms with Crippen molar-refractivity contribution >= 4 is 12.0 Å². The van der Waals surface area contributed by atoms with E-state index in [9.17, 15) is 9.59 Å². The van der Waals surface area contributed by atoms with Crippen molar-refractivity contribution in [2.45, 2.75) is 13.3 Å². The zero-order valence-electron chi connectivity index (χ0n) is 9.36. The Bertz CT molecular complexity index is 340. The van der Waals surface area contributed by atoms with Gasteiger partial charge in [0.1, 0.15) is 0 Å². The molecule has 0 spiro atoms. The van der Waals surface area contributed by atoms with Crippen molar-refractivity contribution in [1.29, 1.82) is 0 Å². The Morgan fingerprint density at radius 2 is 2.19 bits per heavy atom. The first kappa shape index (κ1) is 11.0. The first-order chi connectivity index (χ1) is 7.56. The molecule has 0 aromatic rings. The quantitative estimate of drug-likeness (QED) is 0.668. The summed E-state index contributed by atoms with van der Waals surface area (Å²) < 4.78 is 4.95. The van der Waals surface area contributed by atoms with E-state index in [-0.39, 0.29) is 17.9 Å². The lowest BCUT2D eigenvalue weighted by Gasteiger charge is -2.23. The average Bonchev–Trinajstić information content (AvgIpc) is 2.59. The molecule has 0 radical (unpaired) electrons. The van der Waals surface area contributed by atoms with E-state index in [2.05, 4.69) is 11.9 Å². The lowest BCUT2D eigenvalue weighted by Crippen LogP contribution is -2.40. The van der Waals surface area contributed by atoms with Crippen LogP contribution >= 0.6 is 0 Å². The van der Waals surface area contributed by atoms with Gasteiger partial charge in [-0.05, 0) is 18.8 Å². The second-order valence-corrected chi connectivity index (χ2v) is 4.50. The molecular formula is C11H16N2O3. The van der Waals surface area contributed by atoms with Gasteiger partial charge in [0.05, 0.1) is 5.76 Å². The first-order valence-corrected chi connectivity index (χ1v) is 5.45. The fraction of sp³-hybridized carbons (Fsp3) is 0.636. The van der Waals surface area contributed by atoms with Gasteiger partial charge in [-0.2, -0.15) is 0 Å². The molecule has 5 heteroatoms. The summed E-state index contributed by atoms with van der Waals surface area (Å²) in [5.41, 5.74) is 0. The maximum atomic E-state index is 11.6. The highest BCUT2D eigenvalue weighted by molar-refractivity contribution is 5.77. The van der Waals surface area contributed by atoms with Crippen LogP contribution in [0.25, 0.3) is 0 Å². The largest absolute Gasteiger partial charge is 0.416 e. The summed E-state index contributed by atoms with van der Waals surface area (Å²) in [6.45, 7) is 7.12. The van der Waals surface area contributed by atoms with Crippen LogP contribution in [0, 0.1) is 11.8 Å². The molecule has 2 amide bonds. The SMILES string of the molecule is C=C(C)OC(=O)N1CC2CNC(=O)CC2C1. The molecule has 0 aromatic carbocycles. The minimum atomic E-state index is -0.352. The molecule has 2 unspecified atom stereocenters. The fourth-order valence-corrected chi connectivity index (χ4v) is 2.32. The zero-order valence-corrected chi connectivity index (χ0v) is 9.36. The number of allylic oxidation sites excluding steroid dienone is 1. The summed E-state index contributed by atoms with van der Waals surface area (Å²) in [6.07, 6.45) is 0.163. The van der Waals surface area contributed by atoms with Crippen molar-refractivity contribution in [3.63, 3.8) is 0 Å². The minimum Gasteiger partial charge on any atom is -0.416 e. The number of nitrogens with zero attached hydrogens (tertiary/aromatic N) is 1. The summed E-state index contributed by atoms with van der Waals surface area (Å²) in [4.78, 5) is 24.5. The molecule has 2 heterocycles. The third-order valence-corrected chi connectivity index (χ3v) is 3.11. The number of hydrogen-bond donors (Lipinski definition) is 1. The van der Waals surface area contributed by atoms with E-state index >= 15 is 0 Å². The number of likely N-dealkylation sites (tertiary alicyclic amines) is 1. The standard InChI is InChI=1S/C11H16N2O3/c1-7(2)16-11(15)13-5-8-3-10(14)12-4-9(8)6-13/h8-9H,1,3-6H2,2H3,(H,12,14). The van der Waals surface area contributed by atoms with Gasteiger partial charge in [0.25, 0.3) is 0 Å². The smallest absolute Gasteiger partial charge is 0.414 e. The second-order valence-electron chi connectivity index (χ2n) is 4.50. The minimum absolute atomic E-state index is 0.0800. The van der Waals surface area contributed by atoms with Gasteiger partial charge in [-0.1, -0.05) is 6.58 Å². The van der Waals surface area contributed by atoms with Crippen LogP contribution in [0.5, 0.6) is 0 Å². The Morgan fingerprint density at radius 1 is 1.50 bits per heavy atom. The number of rotatable bonds is 1. The normalized spacial score (nSPS) is 28.3. The Balaban J connectivity index is 1.94. The summed E-state index contributed by atoms with van der Waals surface area (Å²) >= 11 is 0. The third-order valence-electron chi connectivity index (χ3n) is 3.11. The van der Waals surface area contributed by atoms with E-state index < -0.39 is 0 Å². The maximum Gasteiger partial charge on any atom is 0.414 e. The van der Waals surface area contributed by atoms with Crippen LogP contribution in [0.15, 0.2) is 12.3 Å². The summed E-state index contributed by atoms with van der Waals surface area (Å²) in [5, 5.41) is 2.82. The molecule has 5 nitrogen and oxygen atoms in total. The predicted octanol–water partition coefficient (Wildman–Crippen LogP) is 0.724. The Labute approximate surface area is 94.4 Å². The first-order valence-electron chi connectivity index (χ1n) is 5.45. The van der Waals surface area contributed by atoms with Gasteiger partial charge in [0.15, 0.2) is 0 Å². The fourth-order valence-electron chi connectivity index (χ4n) is 2.32. The van der Waals surface area contributed by atoms with Crippen LogP contribution in [0.3, 0.4) is 0 Å². The number of nitrogens with one attached hydrogen (secondary N) is 1. The molecule has 2 fully saturated rings. The van der Waals surface area contributed by atoms with Gasteiger partial charge < -0.3 is 15.0 Å². The number of carbonyl (C=O) groups is 2. The van der Waals surface area contributed by atoms with Gasteiger partial charge >= 0.3 is 6.09 Å². The molecule has 0 saturated carbocycles. The Hall–Kier alpha value is -1.52. The zero-order chi connectivity index (χ0) is 11.7. The molecule has 0 bridgehead atoms. The van der Waals surface area contributed by atoms with Gasteiger partial charge in [-0.25, -0.2) is 4.79 Å². The molecule has 1 N–H and O–H groups in total. The molecule has 2 aliphatic rings. The van der Waals surface area contributed by atoms with Crippen molar-refractivity contribution in [3.8, 4) is 0 Å². The van der Waals surface area contributed by atoms with Crippen LogP contribution in [0.2, 0.25) is 0 Å². The third kappa shape index (κ3) is 2.18. The van der Waals surface area contributed by atoms with Gasteiger partial charge in [0, 0.05) is 26.1 Å². The molecule has 2 aliphatic heterocycles. The molecule has 16 heavy (non-hydrogen) atoms. The summed E-state index contributed by atoms with van der Waals surface area (Å²) in [7, 11) is 0. The van der Waals surface area contributed by atoms with E-state index in [4.69, 9.17) is 4.74 Å². The van der Waals surface area contributed by atoms with Crippen LogP contribution in [-0.4, -0.2) is 36.5 Å². The summed E-state index contributed by atoms with van der Waals surface area (Å²) in [5.74, 6) is 1.13. The Kier molecular flexibility index (Phi) is 2.85. The predicted molar refractivity (Wildman–Crippen MR) is 57.5 cm³/mol. The van der Waals surface area contributed by atoms with E-state index in [0.29, 0.717) is 37.7 Å². The number of carbonyl (C=O) groups excluding carboxylic acids is 2. The van der Waals surface area contributed by atoms with E-state index in [1.54, 1.807) is 11.8 Å². The van der Waals surface area contributed by atoms with Crippen molar-refractivity contribution in [2.75, 3.05) is 19.6 Å². The highest BCUT2D eigenvalue weighted by Gasteiger charge is 2.39. The van der Waals surface area contributed by atoms with E-state index in [0.717, 1.165) is 0 Å². The second kappa shape index (κ2) is 4.15. The maximum absolute atomic E-state index is 11.6. The average molecular weight is 224 g/mol. The highest BCUT2D eigenvalue weighted by atomic mass is 16.6. The van der Waals surface area contributed by atoms with Crippen molar-refractivity contribution in [1.82, 2.24) is 10.2 Å². The van der Waals surface area contributed by atoms with E-state index in [1.807, 2.05) is 0 Å². The number of amides is 2. The monoisotopic (exact) mass is 224 g/mol.